The molecule has 0 aliphatic carbocycles. The molecule has 2 nitrogen and oxygen atoms in total. The fourth-order valence-electron chi connectivity index (χ4n) is 1.93. The predicted octanol–water partition coefficient (Wildman–Crippen LogP) is 3.87. The van der Waals surface area contributed by atoms with Gasteiger partial charge in [0.1, 0.15) is 11.3 Å². The highest BCUT2D eigenvalue weighted by atomic mass is 19.1. The number of hydrogen-bond donors (Lipinski definition) is 0. The number of oxazole rings is 1. The van der Waals surface area contributed by atoms with Gasteiger partial charge in [-0.15, -0.1) is 0 Å². The molecule has 0 aliphatic rings. The molecule has 3 aromatic rings. The smallest absolute Gasteiger partial charge is 0.199 e. The highest BCUT2D eigenvalue weighted by molar-refractivity contribution is 5.73. The van der Waals surface area contributed by atoms with Gasteiger partial charge in [-0.3, -0.25) is 0 Å². The van der Waals surface area contributed by atoms with Gasteiger partial charge in [0.2, 0.25) is 0 Å². The van der Waals surface area contributed by atoms with Crippen LogP contribution in [0.4, 0.5) is 4.39 Å². The Morgan fingerprint density at radius 1 is 1.11 bits per heavy atom. The lowest BCUT2D eigenvalue weighted by molar-refractivity contribution is 0.543. The molecule has 0 bridgehead atoms. The summed E-state index contributed by atoms with van der Waals surface area (Å²) in [7, 11) is 0. The van der Waals surface area contributed by atoms with Crippen LogP contribution in [0.2, 0.25) is 0 Å². The van der Waals surface area contributed by atoms with Crippen LogP contribution in [0.15, 0.2) is 46.9 Å². The summed E-state index contributed by atoms with van der Waals surface area (Å²) < 4.78 is 18.5. The number of nitrogens with zero attached hydrogens (tertiary/aromatic N) is 1. The largest absolute Gasteiger partial charge is 0.440 e. The monoisotopic (exact) mass is 241 g/mol. The van der Waals surface area contributed by atoms with Crippen molar-refractivity contribution in [1.82, 2.24) is 4.98 Å². The van der Waals surface area contributed by atoms with Gasteiger partial charge in [0.15, 0.2) is 11.5 Å². The quantitative estimate of drug-likeness (QED) is 0.680. The lowest BCUT2D eigenvalue weighted by Gasteiger charge is -1.96. The van der Waals surface area contributed by atoms with E-state index in [9.17, 15) is 4.39 Å². The summed E-state index contributed by atoms with van der Waals surface area (Å²) in [4.78, 5) is 4.41. The minimum absolute atomic E-state index is 0.230. The predicted molar refractivity (Wildman–Crippen MR) is 68.0 cm³/mol. The topological polar surface area (TPSA) is 26.0 Å². The van der Waals surface area contributed by atoms with E-state index in [2.05, 4.69) is 4.98 Å². The molecule has 0 saturated carbocycles. The first-order valence-electron chi connectivity index (χ1n) is 5.81. The molecule has 0 radical (unpaired) electrons. The van der Waals surface area contributed by atoms with E-state index in [4.69, 9.17) is 4.42 Å². The molecular weight excluding hydrogens is 229 g/mol. The van der Waals surface area contributed by atoms with Crippen LogP contribution in [-0.4, -0.2) is 4.98 Å². The van der Waals surface area contributed by atoms with Gasteiger partial charge in [0, 0.05) is 6.42 Å². The number of fused-ring (bicyclic) bond motifs is 1. The van der Waals surface area contributed by atoms with Crippen molar-refractivity contribution in [3.63, 3.8) is 0 Å². The molecule has 90 valence electrons. The molecule has 2 aromatic carbocycles. The van der Waals surface area contributed by atoms with Gasteiger partial charge >= 0.3 is 0 Å². The van der Waals surface area contributed by atoms with Crippen LogP contribution in [-0.2, 0) is 6.42 Å². The second kappa shape index (κ2) is 4.26. The summed E-state index contributed by atoms with van der Waals surface area (Å²) in [6.45, 7) is 2.02. The molecule has 18 heavy (non-hydrogen) atoms. The zero-order valence-corrected chi connectivity index (χ0v) is 9.98. The molecular formula is C15H12FNO. The fraction of sp³-hybridized carbons (Fsp3) is 0.133. The maximum Gasteiger partial charge on any atom is 0.199 e. The molecule has 3 heteroatoms. The number of benzene rings is 2. The fourth-order valence-corrected chi connectivity index (χ4v) is 1.93. The summed E-state index contributed by atoms with van der Waals surface area (Å²) in [6.07, 6.45) is 0.577. The maximum atomic E-state index is 12.8. The first-order chi connectivity index (χ1) is 8.70. The van der Waals surface area contributed by atoms with Gasteiger partial charge in [-0.1, -0.05) is 18.2 Å². The van der Waals surface area contributed by atoms with Gasteiger partial charge < -0.3 is 4.42 Å². The Morgan fingerprint density at radius 3 is 2.67 bits per heavy atom. The van der Waals surface area contributed by atoms with E-state index in [-0.39, 0.29) is 5.82 Å². The molecule has 0 amide bonds. The molecule has 0 fully saturated rings. The van der Waals surface area contributed by atoms with E-state index in [1.165, 1.54) is 12.1 Å². The Labute approximate surface area is 104 Å². The Hall–Kier alpha value is -2.16. The van der Waals surface area contributed by atoms with Gasteiger partial charge in [-0.05, 0) is 42.3 Å². The zero-order chi connectivity index (χ0) is 12.5. The minimum Gasteiger partial charge on any atom is -0.440 e. The third-order valence-electron chi connectivity index (χ3n) is 2.86. The van der Waals surface area contributed by atoms with Crippen molar-refractivity contribution >= 4 is 11.1 Å². The van der Waals surface area contributed by atoms with Crippen LogP contribution in [0, 0.1) is 12.7 Å². The second-order valence-electron chi connectivity index (χ2n) is 4.38. The normalized spacial score (nSPS) is 11.0. The second-order valence-corrected chi connectivity index (χ2v) is 4.38. The lowest BCUT2D eigenvalue weighted by atomic mass is 10.1. The van der Waals surface area contributed by atoms with Crippen molar-refractivity contribution in [2.75, 3.05) is 0 Å². The van der Waals surface area contributed by atoms with E-state index in [1.807, 2.05) is 25.1 Å². The average molecular weight is 241 g/mol. The van der Waals surface area contributed by atoms with Crippen LogP contribution in [0.5, 0.6) is 0 Å². The van der Waals surface area contributed by atoms with E-state index in [0.717, 1.165) is 22.2 Å². The number of hydrogen-bond acceptors (Lipinski definition) is 2. The number of aryl methyl sites for hydroxylation is 1. The highest BCUT2D eigenvalue weighted by Gasteiger charge is 2.06. The Balaban J connectivity index is 1.92. The summed E-state index contributed by atoms with van der Waals surface area (Å²) >= 11 is 0. The van der Waals surface area contributed by atoms with E-state index in [1.54, 1.807) is 12.1 Å². The highest BCUT2D eigenvalue weighted by Crippen LogP contribution is 2.19. The summed E-state index contributed by atoms with van der Waals surface area (Å²) in [6, 6.07) is 12.3. The van der Waals surface area contributed by atoms with Crippen molar-refractivity contribution in [3.05, 3.63) is 65.3 Å². The minimum atomic E-state index is -0.230. The molecule has 0 N–H and O–H groups in total. The van der Waals surface area contributed by atoms with Crippen molar-refractivity contribution in [2.45, 2.75) is 13.3 Å². The van der Waals surface area contributed by atoms with E-state index in [0.29, 0.717) is 12.3 Å². The van der Waals surface area contributed by atoms with Crippen LogP contribution in [0.1, 0.15) is 17.0 Å². The molecule has 0 atom stereocenters. The molecule has 3 rings (SSSR count). The molecule has 1 heterocycles. The first-order valence-corrected chi connectivity index (χ1v) is 5.81. The zero-order valence-electron chi connectivity index (χ0n) is 9.98. The van der Waals surface area contributed by atoms with Gasteiger partial charge in [-0.25, -0.2) is 9.37 Å². The average Bonchev–Trinajstić information content (AvgIpc) is 2.73. The molecule has 1 aromatic heterocycles. The summed E-state index contributed by atoms with van der Waals surface area (Å²) in [5.74, 6) is 0.425. The Kier molecular flexibility index (Phi) is 2.59. The third kappa shape index (κ3) is 2.12. The number of halogens is 1. The van der Waals surface area contributed by atoms with Crippen molar-refractivity contribution in [3.8, 4) is 0 Å². The molecule has 0 saturated heterocycles. The summed E-state index contributed by atoms with van der Waals surface area (Å²) in [5, 5.41) is 0. The van der Waals surface area contributed by atoms with Crippen LogP contribution in [0.25, 0.3) is 11.1 Å². The first kappa shape index (κ1) is 11.0. The summed E-state index contributed by atoms with van der Waals surface area (Å²) in [5.41, 5.74) is 3.79. The molecule has 0 spiro atoms. The van der Waals surface area contributed by atoms with Gasteiger partial charge in [-0.2, -0.15) is 0 Å². The van der Waals surface area contributed by atoms with E-state index < -0.39 is 0 Å². The SMILES string of the molecule is Cc1ccc2nc(Cc3ccc(F)cc3)oc2c1. The standard InChI is InChI=1S/C15H12FNO/c1-10-2-7-13-14(8-10)18-15(17-13)9-11-3-5-12(16)6-4-11/h2-8H,9H2,1H3. The van der Waals surface area contributed by atoms with Crippen LogP contribution < -0.4 is 0 Å². The van der Waals surface area contributed by atoms with Crippen molar-refractivity contribution < 1.29 is 8.81 Å². The number of aromatic nitrogens is 1. The van der Waals surface area contributed by atoms with Crippen LogP contribution in [0.3, 0.4) is 0 Å². The maximum absolute atomic E-state index is 12.8. The Bertz CT molecular complexity index is 685. The van der Waals surface area contributed by atoms with Gasteiger partial charge in [0.05, 0.1) is 0 Å². The van der Waals surface area contributed by atoms with Crippen molar-refractivity contribution in [1.29, 1.82) is 0 Å². The van der Waals surface area contributed by atoms with Crippen LogP contribution >= 0.6 is 0 Å². The third-order valence-corrected chi connectivity index (χ3v) is 2.86. The lowest BCUT2D eigenvalue weighted by Crippen LogP contribution is -1.87. The van der Waals surface area contributed by atoms with Gasteiger partial charge in [0.25, 0.3) is 0 Å². The molecule has 0 unspecified atom stereocenters. The Morgan fingerprint density at radius 2 is 1.89 bits per heavy atom. The van der Waals surface area contributed by atoms with Crippen molar-refractivity contribution in [2.24, 2.45) is 0 Å². The van der Waals surface area contributed by atoms with E-state index >= 15 is 0 Å². The molecule has 0 aliphatic heterocycles. The number of rotatable bonds is 2.